The lowest BCUT2D eigenvalue weighted by Crippen LogP contribution is -2.45. The van der Waals surface area contributed by atoms with Gasteiger partial charge in [0.05, 0.1) is 10.5 Å². The van der Waals surface area contributed by atoms with Crippen LogP contribution in [0.3, 0.4) is 0 Å². The molecule has 1 aliphatic rings. The van der Waals surface area contributed by atoms with Crippen LogP contribution in [0.25, 0.3) is 0 Å². The first-order valence-electron chi connectivity index (χ1n) is 9.98. The van der Waals surface area contributed by atoms with Gasteiger partial charge in [-0.1, -0.05) is 45.0 Å². The van der Waals surface area contributed by atoms with Crippen LogP contribution in [0.5, 0.6) is 11.5 Å². The molecule has 0 fully saturated rings. The van der Waals surface area contributed by atoms with Crippen molar-refractivity contribution in [1.82, 2.24) is 5.32 Å². The van der Waals surface area contributed by atoms with Crippen LogP contribution in [0.1, 0.15) is 57.2 Å². The fraction of sp³-hybridized carbons (Fsp3) is 0.435. The van der Waals surface area contributed by atoms with Crippen LogP contribution in [0, 0.1) is 0 Å². The molecule has 0 aliphatic carbocycles. The van der Waals surface area contributed by atoms with Crippen LogP contribution >= 0.6 is 15.9 Å². The summed E-state index contributed by atoms with van der Waals surface area (Å²) >= 11 is 3.52. The Morgan fingerprint density at radius 3 is 2.64 bits per heavy atom. The van der Waals surface area contributed by atoms with Gasteiger partial charge in [-0.3, -0.25) is 4.79 Å². The van der Waals surface area contributed by atoms with E-state index >= 15 is 0 Å². The average Bonchev–Trinajstić information content (AvgIpc) is 2.72. The van der Waals surface area contributed by atoms with E-state index in [9.17, 15) is 4.79 Å². The number of benzene rings is 2. The summed E-state index contributed by atoms with van der Waals surface area (Å²) in [5.74, 6) is 1.41. The first-order chi connectivity index (χ1) is 13.5. The summed E-state index contributed by atoms with van der Waals surface area (Å²) in [6, 6.07) is 13.8. The van der Waals surface area contributed by atoms with Crippen LogP contribution in [0.4, 0.5) is 0 Å². The average molecular weight is 446 g/mol. The van der Waals surface area contributed by atoms with E-state index in [1.165, 1.54) is 5.56 Å². The molecule has 0 saturated heterocycles. The molecule has 150 valence electrons. The largest absolute Gasteiger partial charge is 0.487 e. The Kier molecular flexibility index (Phi) is 6.65. The predicted octanol–water partition coefficient (Wildman–Crippen LogP) is 5.59. The van der Waals surface area contributed by atoms with Gasteiger partial charge in [0, 0.05) is 12.0 Å². The number of carbonyl (C=O) groups is 1. The topological polar surface area (TPSA) is 47.6 Å². The number of amides is 1. The third-order valence-corrected chi connectivity index (χ3v) is 6.20. The Morgan fingerprint density at radius 1 is 1.21 bits per heavy atom. The highest BCUT2D eigenvalue weighted by Crippen LogP contribution is 2.42. The van der Waals surface area contributed by atoms with E-state index in [2.05, 4.69) is 42.0 Å². The van der Waals surface area contributed by atoms with Gasteiger partial charge >= 0.3 is 0 Å². The lowest BCUT2D eigenvalue weighted by molar-refractivity contribution is -0.124. The van der Waals surface area contributed by atoms with E-state index in [0.717, 1.165) is 41.5 Å². The van der Waals surface area contributed by atoms with E-state index in [0.29, 0.717) is 5.75 Å². The molecule has 2 aromatic rings. The van der Waals surface area contributed by atoms with Crippen molar-refractivity contribution in [2.45, 2.75) is 58.1 Å². The van der Waals surface area contributed by atoms with Crippen molar-refractivity contribution in [2.24, 2.45) is 0 Å². The van der Waals surface area contributed by atoms with Crippen LogP contribution in [-0.4, -0.2) is 18.1 Å². The fourth-order valence-electron chi connectivity index (χ4n) is 3.69. The molecule has 0 saturated carbocycles. The predicted molar refractivity (Wildman–Crippen MR) is 115 cm³/mol. The molecular weight excluding hydrogens is 418 g/mol. The van der Waals surface area contributed by atoms with E-state index < -0.39 is 0 Å². The molecule has 1 atom stereocenters. The molecular formula is C23H28BrNO3. The summed E-state index contributed by atoms with van der Waals surface area (Å²) in [6.07, 6.45) is 3.52. The molecule has 4 nitrogen and oxygen atoms in total. The molecule has 0 spiro atoms. The van der Waals surface area contributed by atoms with Crippen molar-refractivity contribution in [3.05, 3.63) is 58.1 Å². The minimum absolute atomic E-state index is 0.0190. The summed E-state index contributed by atoms with van der Waals surface area (Å²) in [6.45, 7) is 6.36. The first-order valence-corrected chi connectivity index (χ1v) is 10.8. The molecule has 1 heterocycles. The normalized spacial score (nSPS) is 17.4. The summed E-state index contributed by atoms with van der Waals surface area (Å²) < 4.78 is 12.9. The van der Waals surface area contributed by atoms with Crippen LogP contribution in [0.2, 0.25) is 0 Å². The Balaban J connectivity index is 1.69. The van der Waals surface area contributed by atoms with Crippen LogP contribution in [-0.2, 0) is 11.2 Å². The van der Waals surface area contributed by atoms with Gasteiger partial charge in [-0.2, -0.15) is 0 Å². The summed E-state index contributed by atoms with van der Waals surface area (Å²) in [5.41, 5.74) is 2.01. The molecule has 0 radical (unpaired) electrons. The van der Waals surface area contributed by atoms with Gasteiger partial charge in [-0.25, -0.2) is 0 Å². The number of halogens is 1. The number of hydrogen-bond acceptors (Lipinski definition) is 3. The van der Waals surface area contributed by atoms with E-state index in [1.807, 2.05) is 42.5 Å². The van der Waals surface area contributed by atoms with Gasteiger partial charge in [-0.05, 0) is 59.0 Å². The molecule has 1 unspecified atom stereocenters. The maximum absolute atomic E-state index is 12.6. The van der Waals surface area contributed by atoms with Crippen molar-refractivity contribution >= 4 is 21.8 Å². The second kappa shape index (κ2) is 8.99. The zero-order chi connectivity index (χ0) is 20.1. The minimum Gasteiger partial charge on any atom is -0.487 e. The number of aryl methyl sites for hydroxylation is 1. The standard InChI is InChI=1S/C23H28BrNO3/c1-4-16-11-12-21(18(24)13-16)27-15-22(26)25-19-14-23(5-2,6-3)28-20-10-8-7-9-17(19)20/h7-13,19H,4-6,14-15H2,1-3H3,(H,25,26). The zero-order valence-corrected chi connectivity index (χ0v) is 18.3. The summed E-state index contributed by atoms with van der Waals surface area (Å²) in [7, 11) is 0. The first kappa shape index (κ1) is 20.7. The number of carbonyl (C=O) groups excluding carboxylic acids is 1. The van der Waals surface area contributed by atoms with Gasteiger partial charge in [-0.15, -0.1) is 0 Å². The van der Waals surface area contributed by atoms with Crippen molar-refractivity contribution in [2.75, 3.05) is 6.61 Å². The number of hydrogen-bond donors (Lipinski definition) is 1. The SMILES string of the molecule is CCc1ccc(OCC(=O)NC2CC(CC)(CC)Oc3ccccc32)c(Br)c1. The highest BCUT2D eigenvalue weighted by atomic mass is 79.9. The van der Waals surface area contributed by atoms with E-state index in [4.69, 9.17) is 9.47 Å². The summed E-state index contributed by atoms with van der Waals surface area (Å²) in [4.78, 5) is 12.6. The molecule has 0 aromatic heterocycles. The molecule has 28 heavy (non-hydrogen) atoms. The monoisotopic (exact) mass is 445 g/mol. The highest BCUT2D eigenvalue weighted by Gasteiger charge is 2.38. The molecule has 2 aromatic carbocycles. The lowest BCUT2D eigenvalue weighted by Gasteiger charge is -2.41. The van der Waals surface area contributed by atoms with E-state index in [-0.39, 0.29) is 24.2 Å². The quantitative estimate of drug-likeness (QED) is 0.603. The molecule has 0 bridgehead atoms. The van der Waals surface area contributed by atoms with Gasteiger partial charge in [0.2, 0.25) is 0 Å². The smallest absolute Gasteiger partial charge is 0.258 e. The third-order valence-electron chi connectivity index (χ3n) is 5.58. The van der Waals surface area contributed by atoms with Crippen LogP contribution < -0.4 is 14.8 Å². The third kappa shape index (κ3) is 4.52. The molecule has 1 N–H and O–H groups in total. The van der Waals surface area contributed by atoms with E-state index in [1.54, 1.807) is 0 Å². The van der Waals surface area contributed by atoms with Crippen LogP contribution in [0.15, 0.2) is 46.9 Å². The minimum atomic E-state index is -0.244. The maximum atomic E-state index is 12.6. The molecule has 1 amide bonds. The van der Waals surface area contributed by atoms with Crippen molar-refractivity contribution < 1.29 is 14.3 Å². The van der Waals surface area contributed by atoms with Gasteiger partial charge < -0.3 is 14.8 Å². The van der Waals surface area contributed by atoms with Crippen molar-refractivity contribution in [3.8, 4) is 11.5 Å². The number of para-hydroxylation sites is 1. The Morgan fingerprint density at radius 2 is 1.96 bits per heavy atom. The number of fused-ring (bicyclic) bond motifs is 1. The van der Waals surface area contributed by atoms with Crippen molar-refractivity contribution in [1.29, 1.82) is 0 Å². The fourth-order valence-corrected chi connectivity index (χ4v) is 4.23. The molecule has 1 aliphatic heterocycles. The number of ether oxygens (including phenoxy) is 2. The van der Waals surface area contributed by atoms with Gasteiger partial charge in [0.15, 0.2) is 6.61 Å². The Labute approximate surface area is 175 Å². The highest BCUT2D eigenvalue weighted by molar-refractivity contribution is 9.10. The zero-order valence-electron chi connectivity index (χ0n) is 16.8. The van der Waals surface area contributed by atoms with Crippen molar-refractivity contribution in [3.63, 3.8) is 0 Å². The summed E-state index contributed by atoms with van der Waals surface area (Å²) in [5, 5.41) is 3.15. The second-order valence-corrected chi connectivity index (χ2v) is 8.12. The Hall–Kier alpha value is -2.01. The molecule has 5 heteroatoms. The van der Waals surface area contributed by atoms with Gasteiger partial charge in [0.1, 0.15) is 17.1 Å². The second-order valence-electron chi connectivity index (χ2n) is 7.26. The number of rotatable bonds is 7. The number of nitrogens with one attached hydrogen (secondary N) is 1. The lowest BCUT2D eigenvalue weighted by atomic mass is 9.83. The Bertz CT molecular complexity index is 832. The molecule has 3 rings (SSSR count). The van der Waals surface area contributed by atoms with Gasteiger partial charge in [0.25, 0.3) is 5.91 Å². The maximum Gasteiger partial charge on any atom is 0.258 e.